The lowest BCUT2D eigenvalue weighted by Crippen LogP contribution is -2.55. The molecule has 0 unspecified atom stereocenters. The van der Waals surface area contributed by atoms with E-state index in [1.807, 2.05) is 0 Å². The van der Waals surface area contributed by atoms with Crippen molar-refractivity contribution in [3.8, 4) is 22.3 Å². The van der Waals surface area contributed by atoms with Crippen molar-refractivity contribution in [1.82, 2.24) is 0 Å². The third kappa shape index (κ3) is 5.05. The number of anilines is 3. The second-order valence-electron chi connectivity index (χ2n) is 22.3. The van der Waals surface area contributed by atoms with Crippen LogP contribution in [0, 0.1) is 23.7 Å². The van der Waals surface area contributed by atoms with E-state index in [1.165, 1.54) is 119 Å². The van der Waals surface area contributed by atoms with Crippen LogP contribution < -0.4 is 4.90 Å². The minimum atomic E-state index is 0.0572. The molecule has 0 aliphatic heterocycles. The summed E-state index contributed by atoms with van der Waals surface area (Å²) in [6, 6.07) is 41.2. The van der Waals surface area contributed by atoms with Crippen LogP contribution in [0.15, 0.2) is 103 Å². The van der Waals surface area contributed by atoms with Crippen molar-refractivity contribution in [3.63, 3.8) is 0 Å². The van der Waals surface area contributed by atoms with Crippen LogP contribution >= 0.6 is 0 Å². The Hall–Kier alpha value is -4.10. The fourth-order valence-corrected chi connectivity index (χ4v) is 14.3. The molecule has 0 amide bonds. The monoisotopic (exact) mass is 749 g/mol. The molecule has 0 aromatic heterocycles. The van der Waals surface area contributed by atoms with Crippen LogP contribution in [0.25, 0.3) is 22.3 Å². The van der Waals surface area contributed by atoms with Gasteiger partial charge in [0.1, 0.15) is 0 Å². The van der Waals surface area contributed by atoms with Gasteiger partial charge in [-0.2, -0.15) is 0 Å². The average Bonchev–Trinajstić information content (AvgIpc) is 3.47. The molecule has 0 radical (unpaired) electrons. The van der Waals surface area contributed by atoms with Gasteiger partial charge in [0.2, 0.25) is 0 Å². The van der Waals surface area contributed by atoms with Gasteiger partial charge in [0, 0.05) is 11.1 Å². The summed E-state index contributed by atoms with van der Waals surface area (Å²) in [5.41, 5.74) is 19.6. The lowest BCUT2D eigenvalue weighted by molar-refractivity contribution is -0.0399. The normalized spacial score (nSPS) is 28.7. The van der Waals surface area contributed by atoms with Gasteiger partial charge in [-0.1, -0.05) is 128 Å². The van der Waals surface area contributed by atoms with Gasteiger partial charge in [-0.15, -0.1) is 0 Å². The molecule has 292 valence electrons. The van der Waals surface area contributed by atoms with Crippen LogP contribution in [0.2, 0.25) is 0 Å². The number of rotatable bonds is 4. The number of benzene rings is 5. The molecule has 4 saturated carbocycles. The van der Waals surface area contributed by atoms with Crippen LogP contribution in [0.3, 0.4) is 0 Å². The highest BCUT2D eigenvalue weighted by atomic mass is 15.2. The van der Waals surface area contributed by atoms with Gasteiger partial charge in [0.25, 0.3) is 0 Å². The van der Waals surface area contributed by atoms with Crippen LogP contribution in [0.1, 0.15) is 147 Å². The molecule has 4 bridgehead atoms. The summed E-state index contributed by atoms with van der Waals surface area (Å²) in [7, 11) is 0. The molecule has 5 aromatic rings. The molecule has 1 spiro atoms. The topological polar surface area (TPSA) is 3.24 Å². The van der Waals surface area contributed by atoms with Gasteiger partial charge in [0.05, 0.1) is 11.4 Å². The van der Waals surface area contributed by atoms with E-state index in [2.05, 4.69) is 163 Å². The van der Waals surface area contributed by atoms with Crippen molar-refractivity contribution in [1.29, 1.82) is 0 Å². The van der Waals surface area contributed by atoms with Gasteiger partial charge in [-0.05, 0) is 189 Å². The SMILES string of the molecule is CC1(C)CCC(C)(C)c2c(N(c3ccc4c(c3)-c3cc(-c5ccccc5)ccc3C43C4CC5CC(C4)CC3C5)c3cccc4c3C(C)(C)CCC4(C)C)cccc21. The van der Waals surface area contributed by atoms with E-state index in [-0.39, 0.29) is 27.1 Å². The third-order valence-electron chi connectivity index (χ3n) is 17.1. The quantitative estimate of drug-likeness (QED) is 0.177. The molecule has 0 N–H and O–H groups in total. The van der Waals surface area contributed by atoms with Gasteiger partial charge in [-0.25, -0.2) is 0 Å². The van der Waals surface area contributed by atoms with Crippen molar-refractivity contribution >= 4 is 17.1 Å². The lowest BCUT2D eigenvalue weighted by atomic mass is 9.43. The van der Waals surface area contributed by atoms with Gasteiger partial charge >= 0.3 is 0 Å². The maximum atomic E-state index is 2.76. The van der Waals surface area contributed by atoms with Crippen LogP contribution in [-0.4, -0.2) is 0 Å². The Balaban J connectivity index is 1.20. The van der Waals surface area contributed by atoms with E-state index in [0.29, 0.717) is 0 Å². The van der Waals surface area contributed by atoms with Crippen LogP contribution in [0.4, 0.5) is 17.1 Å². The maximum absolute atomic E-state index is 2.76. The molecule has 7 aliphatic carbocycles. The smallest absolute Gasteiger partial charge is 0.0502 e. The Morgan fingerprint density at radius 2 is 0.912 bits per heavy atom. The summed E-state index contributed by atoms with van der Waals surface area (Å²) in [5.74, 6) is 3.34. The summed E-state index contributed by atoms with van der Waals surface area (Å²) in [6.07, 6.45) is 11.9. The summed E-state index contributed by atoms with van der Waals surface area (Å²) < 4.78 is 0. The van der Waals surface area contributed by atoms with Crippen molar-refractivity contribution < 1.29 is 0 Å². The lowest BCUT2D eigenvalue weighted by Gasteiger charge is -2.61. The Morgan fingerprint density at radius 3 is 1.46 bits per heavy atom. The molecule has 0 atom stereocenters. The van der Waals surface area contributed by atoms with E-state index >= 15 is 0 Å². The van der Waals surface area contributed by atoms with E-state index in [0.717, 1.165) is 23.7 Å². The highest BCUT2D eigenvalue weighted by Gasteiger charge is 2.61. The average molecular weight is 750 g/mol. The van der Waals surface area contributed by atoms with Crippen LogP contribution in [-0.2, 0) is 27.1 Å². The zero-order valence-corrected chi connectivity index (χ0v) is 35.9. The van der Waals surface area contributed by atoms with E-state index in [1.54, 1.807) is 11.1 Å². The van der Waals surface area contributed by atoms with Crippen molar-refractivity contribution in [2.45, 2.75) is 140 Å². The largest absolute Gasteiger partial charge is 0.310 e. The number of hydrogen-bond acceptors (Lipinski definition) is 1. The first-order valence-electron chi connectivity index (χ1n) is 22.6. The predicted octanol–water partition coefficient (Wildman–Crippen LogP) is 15.2. The first-order chi connectivity index (χ1) is 27.2. The van der Waals surface area contributed by atoms with Crippen LogP contribution in [0.5, 0.6) is 0 Å². The molecule has 0 heterocycles. The Bertz CT molecular complexity index is 2330. The van der Waals surface area contributed by atoms with Gasteiger partial charge in [-0.3, -0.25) is 0 Å². The van der Waals surface area contributed by atoms with Crippen molar-refractivity contribution in [2.75, 3.05) is 4.90 Å². The number of fused-ring (bicyclic) bond motifs is 5. The van der Waals surface area contributed by atoms with Gasteiger partial charge < -0.3 is 4.90 Å². The molecular weight excluding hydrogens is 687 g/mol. The molecule has 12 rings (SSSR count). The molecular formula is C56H63N. The highest BCUT2D eigenvalue weighted by Crippen LogP contribution is 2.70. The molecule has 0 saturated heterocycles. The Kier molecular flexibility index (Phi) is 7.58. The summed E-state index contributed by atoms with van der Waals surface area (Å²) in [6.45, 7) is 20.0. The number of nitrogens with zero attached hydrogens (tertiary/aromatic N) is 1. The van der Waals surface area contributed by atoms with Crippen molar-refractivity contribution in [3.05, 3.63) is 137 Å². The standard InChI is InChI=1S/C56H63N/c1-52(2)24-26-54(5,6)50-46(52)16-12-18-48(50)57(49-19-13-17-47-51(49)55(7,8)27-25-53(47,3)4)41-21-23-45-43(34-41)42-33-38(37-14-10-9-11-15-37)20-22-44(42)56(45)39-29-35-28-36(31-39)32-40(56)30-35/h9-23,33-36,39-40H,24-32H2,1-8H3. The fraction of sp³-hybridized carbons (Fsp3) is 0.464. The zero-order chi connectivity index (χ0) is 39.3. The first kappa shape index (κ1) is 36.0. The van der Waals surface area contributed by atoms with E-state index < -0.39 is 0 Å². The fourth-order valence-electron chi connectivity index (χ4n) is 14.3. The summed E-state index contributed by atoms with van der Waals surface area (Å²) in [4.78, 5) is 2.76. The Morgan fingerprint density at radius 1 is 0.421 bits per heavy atom. The van der Waals surface area contributed by atoms with Gasteiger partial charge in [0.15, 0.2) is 0 Å². The molecule has 7 aliphatic rings. The number of hydrogen-bond donors (Lipinski definition) is 0. The minimum absolute atomic E-state index is 0.0572. The molecule has 1 nitrogen and oxygen atoms in total. The third-order valence-corrected chi connectivity index (χ3v) is 17.1. The highest BCUT2D eigenvalue weighted by molar-refractivity contribution is 5.91. The van der Waals surface area contributed by atoms with E-state index in [9.17, 15) is 0 Å². The second kappa shape index (κ2) is 12.0. The second-order valence-corrected chi connectivity index (χ2v) is 22.3. The summed E-state index contributed by atoms with van der Waals surface area (Å²) in [5, 5.41) is 0. The molecule has 4 fully saturated rings. The summed E-state index contributed by atoms with van der Waals surface area (Å²) >= 11 is 0. The predicted molar refractivity (Wildman–Crippen MR) is 240 cm³/mol. The molecule has 1 heteroatoms. The van der Waals surface area contributed by atoms with E-state index in [4.69, 9.17) is 0 Å². The zero-order valence-electron chi connectivity index (χ0n) is 35.9. The molecule has 57 heavy (non-hydrogen) atoms. The minimum Gasteiger partial charge on any atom is -0.310 e. The Labute approximate surface area is 343 Å². The molecule has 5 aromatic carbocycles. The first-order valence-corrected chi connectivity index (χ1v) is 22.6. The van der Waals surface area contributed by atoms with Crippen molar-refractivity contribution in [2.24, 2.45) is 23.7 Å². The maximum Gasteiger partial charge on any atom is 0.0502 e.